The fraction of sp³-hybridized carbons (Fsp3) is 0.235. The predicted molar refractivity (Wildman–Crippen MR) is 107 cm³/mol. The summed E-state index contributed by atoms with van der Waals surface area (Å²) in [5, 5.41) is 2.95. The molecule has 0 radical (unpaired) electrons. The van der Waals surface area contributed by atoms with Crippen LogP contribution in [-0.2, 0) is 0 Å². The highest BCUT2D eigenvalue weighted by molar-refractivity contribution is 14.0. The van der Waals surface area contributed by atoms with Crippen LogP contribution >= 0.6 is 24.0 Å². The van der Waals surface area contributed by atoms with Crippen LogP contribution in [0.4, 0.5) is 10.1 Å². The summed E-state index contributed by atoms with van der Waals surface area (Å²) >= 11 is 0. The zero-order valence-corrected chi connectivity index (χ0v) is 16.3. The summed E-state index contributed by atoms with van der Waals surface area (Å²) in [5.74, 6) is 1.60. The van der Waals surface area contributed by atoms with Gasteiger partial charge in [0.1, 0.15) is 29.7 Å². The highest BCUT2D eigenvalue weighted by Crippen LogP contribution is 2.28. The third kappa shape index (κ3) is 6.65. The van der Waals surface area contributed by atoms with E-state index >= 15 is 0 Å². The molecule has 0 spiro atoms. The van der Waals surface area contributed by atoms with Gasteiger partial charge >= 0.3 is 0 Å². The van der Waals surface area contributed by atoms with Crippen molar-refractivity contribution in [2.45, 2.75) is 0 Å². The summed E-state index contributed by atoms with van der Waals surface area (Å²) in [6, 6.07) is 11.2. The summed E-state index contributed by atoms with van der Waals surface area (Å²) in [6.45, 7) is 0.600. The zero-order valence-electron chi connectivity index (χ0n) is 14.0. The van der Waals surface area contributed by atoms with E-state index in [1.807, 2.05) is 0 Å². The number of hydrogen-bond acceptors (Lipinski definition) is 4. The lowest BCUT2D eigenvalue weighted by Crippen LogP contribution is -2.24. The number of nitrogens with one attached hydrogen (secondary N) is 1. The molecule has 2 aromatic carbocycles. The molecular formula is C17H21FIN3O3. The Bertz CT molecular complexity index is 713. The molecule has 0 aliphatic heterocycles. The van der Waals surface area contributed by atoms with Gasteiger partial charge in [-0.2, -0.15) is 0 Å². The average Bonchev–Trinajstić information content (AvgIpc) is 2.58. The second-order valence-electron chi connectivity index (χ2n) is 4.76. The van der Waals surface area contributed by atoms with Crippen LogP contribution in [-0.4, -0.2) is 33.3 Å². The molecule has 0 bridgehead atoms. The summed E-state index contributed by atoms with van der Waals surface area (Å²) in [4.78, 5) is 4.16. The first-order valence-corrected chi connectivity index (χ1v) is 7.29. The number of aliphatic imine (C=N–C) groups is 1. The van der Waals surface area contributed by atoms with Crippen molar-refractivity contribution in [1.82, 2.24) is 0 Å². The van der Waals surface area contributed by atoms with Crippen LogP contribution in [0.5, 0.6) is 17.2 Å². The number of benzene rings is 2. The summed E-state index contributed by atoms with van der Waals surface area (Å²) < 4.78 is 28.8. The molecule has 25 heavy (non-hydrogen) atoms. The van der Waals surface area contributed by atoms with Gasteiger partial charge in [0.2, 0.25) is 0 Å². The summed E-state index contributed by atoms with van der Waals surface area (Å²) in [5.41, 5.74) is 6.49. The number of guanidine groups is 1. The molecule has 2 aromatic rings. The fourth-order valence-corrected chi connectivity index (χ4v) is 1.98. The number of nitrogens with two attached hydrogens (primary N) is 1. The number of ether oxygens (including phenoxy) is 3. The monoisotopic (exact) mass is 461 g/mol. The van der Waals surface area contributed by atoms with Crippen LogP contribution in [0.1, 0.15) is 0 Å². The molecule has 3 N–H and O–H groups in total. The SMILES string of the molecule is COc1ccc(OC)c(NC(N)=NCCOc2cccc(F)c2)c1.I. The highest BCUT2D eigenvalue weighted by Gasteiger charge is 2.06. The van der Waals surface area contributed by atoms with Gasteiger partial charge < -0.3 is 25.3 Å². The van der Waals surface area contributed by atoms with E-state index in [9.17, 15) is 4.39 Å². The van der Waals surface area contributed by atoms with Crippen molar-refractivity contribution in [3.05, 3.63) is 48.3 Å². The molecule has 0 unspecified atom stereocenters. The molecule has 2 rings (SSSR count). The smallest absolute Gasteiger partial charge is 0.193 e. The second-order valence-corrected chi connectivity index (χ2v) is 4.76. The van der Waals surface area contributed by atoms with Gasteiger partial charge in [-0.3, -0.25) is 0 Å². The van der Waals surface area contributed by atoms with Gasteiger partial charge in [0.05, 0.1) is 26.5 Å². The van der Waals surface area contributed by atoms with E-state index in [1.54, 1.807) is 44.6 Å². The van der Waals surface area contributed by atoms with Crippen molar-refractivity contribution >= 4 is 35.6 Å². The van der Waals surface area contributed by atoms with Crippen LogP contribution in [0.2, 0.25) is 0 Å². The van der Waals surface area contributed by atoms with Crippen LogP contribution < -0.4 is 25.3 Å². The molecular weight excluding hydrogens is 440 g/mol. The molecule has 0 aliphatic carbocycles. The molecule has 0 amide bonds. The minimum atomic E-state index is -0.345. The van der Waals surface area contributed by atoms with Crippen molar-refractivity contribution in [3.63, 3.8) is 0 Å². The maximum atomic E-state index is 13.0. The Morgan fingerprint density at radius 3 is 2.60 bits per heavy atom. The number of nitrogens with zero attached hydrogens (tertiary/aromatic N) is 1. The third-order valence-corrected chi connectivity index (χ3v) is 3.11. The molecule has 6 nitrogen and oxygen atoms in total. The normalized spacial score (nSPS) is 10.6. The fourth-order valence-electron chi connectivity index (χ4n) is 1.98. The summed E-state index contributed by atoms with van der Waals surface area (Å²) in [7, 11) is 3.14. The number of anilines is 1. The lowest BCUT2D eigenvalue weighted by molar-refractivity contribution is 0.327. The maximum Gasteiger partial charge on any atom is 0.193 e. The molecule has 0 atom stereocenters. The molecule has 136 valence electrons. The highest BCUT2D eigenvalue weighted by atomic mass is 127. The van der Waals surface area contributed by atoms with Crippen LogP contribution in [0.3, 0.4) is 0 Å². The van der Waals surface area contributed by atoms with Crippen molar-refractivity contribution < 1.29 is 18.6 Å². The standard InChI is InChI=1S/C17H20FN3O3.HI/c1-22-13-6-7-16(23-2)15(11-13)21-17(19)20-8-9-24-14-5-3-4-12(18)10-14;/h3-7,10-11H,8-9H2,1-2H3,(H3,19,20,21);1H. The third-order valence-electron chi connectivity index (χ3n) is 3.11. The molecule has 0 aliphatic rings. The molecule has 0 saturated heterocycles. The van der Waals surface area contributed by atoms with Crippen molar-refractivity contribution in [1.29, 1.82) is 0 Å². The lowest BCUT2D eigenvalue weighted by Gasteiger charge is -2.12. The Kier molecular flexibility index (Phi) is 8.82. The minimum Gasteiger partial charge on any atom is -0.497 e. The van der Waals surface area contributed by atoms with Gasteiger partial charge in [0, 0.05) is 12.1 Å². The van der Waals surface area contributed by atoms with Gasteiger partial charge in [-0.15, -0.1) is 24.0 Å². The van der Waals surface area contributed by atoms with E-state index in [4.69, 9.17) is 19.9 Å². The average molecular weight is 461 g/mol. The van der Waals surface area contributed by atoms with Crippen LogP contribution in [0.15, 0.2) is 47.5 Å². The molecule has 0 heterocycles. The number of methoxy groups -OCH3 is 2. The number of rotatable bonds is 7. The van der Waals surface area contributed by atoms with Crippen LogP contribution in [0.25, 0.3) is 0 Å². The quantitative estimate of drug-likeness (QED) is 0.287. The molecule has 8 heteroatoms. The van der Waals surface area contributed by atoms with E-state index in [0.717, 1.165) is 0 Å². The van der Waals surface area contributed by atoms with E-state index in [1.165, 1.54) is 12.1 Å². The minimum absolute atomic E-state index is 0. The van der Waals surface area contributed by atoms with Crippen LogP contribution in [0, 0.1) is 5.82 Å². The largest absolute Gasteiger partial charge is 0.497 e. The number of hydrogen-bond donors (Lipinski definition) is 2. The van der Waals surface area contributed by atoms with Gasteiger partial charge in [0.25, 0.3) is 0 Å². The Balaban J connectivity index is 0.00000312. The van der Waals surface area contributed by atoms with Gasteiger partial charge in [-0.1, -0.05) is 6.07 Å². The van der Waals surface area contributed by atoms with E-state index in [0.29, 0.717) is 29.5 Å². The first-order chi connectivity index (χ1) is 11.6. The van der Waals surface area contributed by atoms with Crippen molar-refractivity contribution in [2.24, 2.45) is 10.7 Å². The van der Waals surface area contributed by atoms with Crippen molar-refractivity contribution in [2.75, 3.05) is 32.7 Å². The van der Waals surface area contributed by atoms with E-state index < -0.39 is 0 Å². The lowest BCUT2D eigenvalue weighted by atomic mass is 10.2. The predicted octanol–water partition coefficient (Wildman–Crippen LogP) is 3.27. The van der Waals surface area contributed by atoms with Crippen molar-refractivity contribution in [3.8, 4) is 17.2 Å². The molecule has 0 aromatic heterocycles. The second kappa shape index (κ2) is 10.6. The van der Waals surface area contributed by atoms with Gasteiger partial charge in [-0.25, -0.2) is 9.38 Å². The van der Waals surface area contributed by atoms with Gasteiger partial charge in [-0.05, 0) is 24.3 Å². The first-order valence-electron chi connectivity index (χ1n) is 7.29. The maximum absolute atomic E-state index is 13.0. The zero-order chi connectivity index (χ0) is 17.4. The molecule has 0 fully saturated rings. The number of halogens is 2. The molecule has 0 saturated carbocycles. The van der Waals surface area contributed by atoms with Gasteiger partial charge in [0.15, 0.2) is 5.96 Å². The topological polar surface area (TPSA) is 78.1 Å². The Hall–Kier alpha value is -2.23. The Morgan fingerprint density at radius 1 is 1.12 bits per heavy atom. The Morgan fingerprint density at radius 2 is 1.92 bits per heavy atom. The van der Waals surface area contributed by atoms with E-state index in [2.05, 4.69) is 10.3 Å². The first kappa shape index (κ1) is 20.8. The summed E-state index contributed by atoms with van der Waals surface area (Å²) in [6.07, 6.45) is 0. The Labute approximate surface area is 163 Å². The van der Waals surface area contributed by atoms with E-state index in [-0.39, 0.29) is 42.4 Å².